The Morgan fingerprint density at radius 1 is 1.44 bits per heavy atom. The Morgan fingerprint density at radius 2 is 2.00 bits per heavy atom. The number of amides is 1. The van der Waals surface area contributed by atoms with Crippen LogP contribution in [0.3, 0.4) is 0 Å². The van der Waals surface area contributed by atoms with Gasteiger partial charge in [-0.05, 0) is 26.0 Å². The highest BCUT2D eigenvalue weighted by Crippen LogP contribution is 2.21. The van der Waals surface area contributed by atoms with Crippen LogP contribution in [0.25, 0.3) is 0 Å². The number of benzene rings is 1. The summed E-state index contributed by atoms with van der Waals surface area (Å²) >= 11 is 0. The van der Waals surface area contributed by atoms with E-state index in [1.807, 2.05) is 0 Å². The standard InChI is InChI=1S/C12H13F2N3O/c1-3-16-12(18)7(2)17-11-9(13)4-8(6-15)5-10(11)14/h4-5,7,17H,3H2,1-2H3,(H,16,18). The molecule has 1 amide bonds. The Labute approximate surface area is 104 Å². The van der Waals surface area contributed by atoms with Crippen LogP contribution in [0.2, 0.25) is 0 Å². The Hall–Kier alpha value is -2.16. The van der Waals surface area contributed by atoms with Gasteiger partial charge in [0.1, 0.15) is 11.7 Å². The lowest BCUT2D eigenvalue weighted by molar-refractivity contribution is -0.121. The molecular weight excluding hydrogens is 240 g/mol. The van der Waals surface area contributed by atoms with Crippen molar-refractivity contribution in [2.75, 3.05) is 11.9 Å². The molecule has 0 aromatic heterocycles. The zero-order valence-electron chi connectivity index (χ0n) is 10.1. The molecule has 0 radical (unpaired) electrons. The van der Waals surface area contributed by atoms with Crippen LogP contribution >= 0.6 is 0 Å². The van der Waals surface area contributed by atoms with E-state index in [9.17, 15) is 13.6 Å². The van der Waals surface area contributed by atoms with Crippen molar-refractivity contribution in [2.45, 2.75) is 19.9 Å². The van der Waals surface area contributed by atoms with Gasteiger partial charge in [0, 0.05) is 6.54 Å². The largest absolute Gasteiger partial charge is 0.369 e. The van der Waals surface area contributed by atoms with Crippen LogP contribution in [0, 0.1) is 23.0 Å². The van der Waals surface area contributed by atoms with Crippen molar-refractivity contribution in [3.63, 3.8) is 0 Å². The number of rotatable bonds is 4. The Bertz CT molecular complexity index is 474. The molecule has 0 saturated heterocycles. The molecule has 4 nitrogen and oxygen atoms in total. The summed E-state index contributed by atoms with van der Waals surface area (Å²) in [7, 11) is 0. The Balaban J connectivity index is 2.92. The van der Waals surface area contributed by atoms with Crippen molar-refractivity contribution >= 4 is 11.6 Å². The van der Waals surface area contributed by atoms with Crippen molar-refractivity contribution in [2.24, 2.45) is 0 Å². The molecule has 0 saturated carbocycles. The number of hydrogen-bond donors (Lipinski definition) is 2. The fraction of sp³-hybridized carbons (Fsp3) is 0.333. The van der Waals surface area contributed by atoms with Gasteiger partial charge in [-0.2, -0.15) is 5.26 Å². The third kappa shape index (κ3) is 3.17. The second-order valence-electron chi connectivity index (χ2n) is 3.69. The minimum atomic E-state index is -0.900. The highest BCUT2D eigenvalue weighted by atomic mass is 19.1. The predicted octanol–water partition coefficient (Wildman–Crippen LogP) is 1.77. The molecule has 18 heavy (non-hydrogen) atoms. The third-order valence-electron chi connectivity index (χ3n) is 2.28. The number of carbonyl (C=O) groups is 1. The quantitative estimate of drug-likeness (QED) is 0.859. The third-order valence-corrected chi connectivity index (χ3v) is 2.28. The van der Waals surface area contributed by atoms with Gasteiger partial charge in [0.05, 0.1) is 11.6 Å². The van der Waals surface area contributed by atoms with Gasteiger partial charge in [0.15, 0.2) is 11.6 Å². The van der Waals surface area contributed by atoms with E-state index in [-0.39, 0.29) is 11.5 Å². The van der Waals surface area contributed by atoms with Crippen molar-refractivity contribution in [1.82, 2.24) is 5.32 Å². The van der Waals surface area contributed by atoms with E-state index in [1.54, 1.807) is 13.0 Å². The van der Waals surface area contributed by atoms with Crippen molar-refractivity contribution in [3.05, 3.63) is 29.3 Å². The van der Waals surface area contributed by atoms with Crippen LogP contribution in [0.4, 0.5) is 14.5 Å². The molecule has 0 bridgehead atoms. The number of likely N-dealkylation sites (N-methyl/N-ethyl adjacent to an activating group) is 1. The highest BCUT2D eigenvalue weighted by molar-refractivity contribution is 5.84. The first-order chi connectivity index (χ1) is 8.49. The van der Waals surface area contributed by atoms with Crippen molar-refractivity contribution < 1.29 is 13.6 Å². The Kier molecular flexibility index (Phi) is 4.60. The molecule has 1 atom stereocenters. The maximum Gasteiger partial charge on any atom is 0.242 e. The molecular formula is C12H13F2N3O. The summed E-state index contributed by atoms with van der Waals surface area (Å²) in [6, 6.07) is 2.69. The minimum Gasteiger partial charge on any atom is -0.369 e. The second kappa shape index (κ2) is 5.96. The van der Waals surface area contributed by atoms with E-state index in [1.165, 1.54) is 6.92 Å². The van der Waals surface area contributed by atoms with E-state index in [0.29, 0.717) is 6.54 Å². The summed E-state index contributed by atoms with van der Waals surface area (Å²) in [5, 5.41) is 13.5. The second-order valence-corrected chi connectivity index (χ2v) is 3.69. The van der Waals surface area contributed by atoms with Gasteiger partial charge < -0.3 is 10.6 Å². The smallest absolute Gasteiger partial charge is 0.242 e. The summed E-state index contributed by atoms with van der Waals surface area (Å²) in [4.78, 5) is 11.4. The summed E-state index contributed by atoms with van der Waals surface area (Å²) in [6.45, 7) is 3.67. The van der Waals surface area contributed by atoms with Crippen LogP contribution in [0.1, 0.15) is 19.4 Å². The number of nitrogens with one attached hydrogen (secondary N) is 2. The van der Waals surface area contributed by atoms with Crippen molar-refractivity contribution in [1.29, 1.82) is 5.26 Å². The number of carbonyl (C=O) groups excluding carboxylic acids is 1. The number of nitrogens with zero attached hydrogens (tertiary/aromatic N) is 1. The van der Waals surface area contributed by atoms with Gasteiger partial charge in [0.2, 0.25) is 5.91 Å². The molecule has 1 rings (SSSR count). The van der Waals surface area contributed by atoms with Crippen LogP contribution < -0.4 is 10.6 Å². The zero-order chi connectivity index (χ0) is 13.7. The monoisotopic (exact) mass is 253 g/mol. The lowest BCUT2D eigenvalue weighted by Crippen LogP contribution is -2.37. The van der Waals surface area contributed by atoms with E-state index in [2.05, 4.69) is 10.6 Å². The van der Waals surface area contributed by atoms with E-state index < -0.39 is 23.4 Å². The number of halogens is 2. The van der Waals surface area contributed by atoms with Gasteiger partial charge in [-0.15, -0.1) is 0 Å². The molecule has 1 aromatic carbocycles. The van der Waals surface area contributed by atoms with Crippen LogP contribution in [-0.4, -0.2) is 18.5 Å². The predicted molar refractivity (Wildman–Crippen MR) is 62.8 cm³/mol. The lowest BCUT2D eigenvalue weighted by Gasteiger charge is -2.15. The van der Waals surface area contributed by atoms with Gasteiger partial charge in [-0.3, -0.25) is 4.79 Å². The number of anilines is 1. The summed E-state index contributed by atoms with van der Waals surface area (Å²) in [5.41, 5.74) is -0.519. The number of nitriles is 1. The van der Waals surface area contributed by atoms with E-state index >= 15 is 0 Å². The molecule has 0 fully saturated rings. The van der Waals surface area contributed by atoms with Crippen LogP contribution in [-0.2, 0) is 4.79 Å². The Morgan fingerprint density at radius 3 is 2.44 bits per heavy atom. The van der Waals surface area contributed by atoms with E-state index in [4.69, 9.17) is 5.26 Å². The van der Waals surface area contributed by atoms with Gasteiger partial charge in [-0.1, -0.05) is 0 Å². The van der Waals surface area contributed by atoms with Crippen molar-refractivity contribution in [3.8, 4) is 6.07 Å². The van der Waals surface area contributed by atoms with Gasteiger partial charge >= 0.3 is 0 Å². The normalized spacial score (nSPS) is 11.5. The lowest BCUT2D eigenvalue weighted by atomic mass is 10.2. The van der Waals surface area contributed by atoms with E-state index in [0.717, 1.165) is 12.1 Å². The maximum atomic E-state index is 13.5. The molecule has 0 aliphatic carbocycles. The van der Waals surface area contributed by atoms with Crippen LogP contribution in [0.5, 0.6) is 0 Å². The highest BCUT2D eigenvalue weighted by Gasteiger charge is 2.17. The molecule has 0 aliphatic heterocycles. The topological polar surface area (TPSA) is 64.9 Å². The summed E-state index contributed by atoms with van der Waals surface area (Å²) in [6.07, 6.45) is 0. The molecule has 2 N–H and O–H groups in total. The molecule has 0 heterocycles. The molecule has 0 aliphatic rings. The summed E-state index contributed by atoms with van der Waals surface area (Å²) < 4.78 is 27.0. The first-order valence-electron chi connectivity index (χ1n) is 5.43. The van der Waals surface area contributed by atoms with Crippen LogP contribution in [0.15, 0.2) is 12.1 Å². The maximum absolute atomic E-state index is 13.5. The first kappa shape index (κ1) is 13.9. The first-order valence-corrected chi connectivity index (χ1v) is 5.43. The average molecular weight is 253 g/mol. The fourth-order valence-corrected chi connectivity index (χ4v) is 1.38. The zero-order valence-corrected chi connectivity index (χ0v) is 10.1. The summed E-state index contributed by atoms with van der Waals surface area (Å²) in [5.74, 6) is -2.16. The SMILES string of the molecule is CCNC(=O)C(C)Nc1c(F)cc(C#N)cc1F. The van der Waals surface area contributed by atoms with Gasteiger partial charge in [-0.25, -0.2) is 8.78 Å². The molecule has 6 heteroatoms. The molecule has 0 spiro atoms. The number of hydrogen-bond acceptors (Lipinski definition) is 3. The fourth-order valence-electron chi connectivity index (χ4n) is 1.38. The van der Waals surface area contributed by atoms with Gasteiger partial charge in [0.25, 0.3) is 0 Å². The molecule has 1 aromatic rings. The molecule has 1 unspecified atom stereocenters. The minimum absolute atomic E-state index is 0.110. The average Bonchev–Trinajstić information content (AvgIpc) is 2.33. The molecule has 96 valence electrons.